The highest BCUT2D eigenvalue weighted by molar-refractivity contribution is 6.33. The number of oxazole rings is 1. The van der Waals surface area contributed by atoms with Crippen molar-refractivity contribution in [2.24, 2.45) is 0 Å². The number of carboxylic acids is 1. The van der Waals surface area contributed by atoms with E-state index < -0.39 is 5.97 Å². The number of halogens is 1. The van der Waals surface area contributed by atoms with Crippen LogP contribution in [0.4, 0.5) is 0 Å². The lowest BCUT2D eigenvalue weighted by molar-refractivity contribution is -0.132. The van der Waals surface area contributed by atoms with Crippen LogP contribution in [0.3, 0.4) is 0 Å². The van der Waals surface area contributed by atoms with Crippen LogP contribution in [0.15, 0.2) is 28.2 Å². The van der Waals surface area contributed by atoms with Crippen LogP contribution >= 0.6 is 11.6 Å². The van der Waals surface area contributed by atoms with Gasteiger partial charge >= 0.3 is 5.97 Å². The summed E-state index contributed by atoms with van der Waals surface area (Å²) >= 11 is 6.20. The average molecular weight is 336 g/mol. The van der Waals surface area contributed by atoms with Crippen molar-refractivity contribution in [3.8, 4) is 17.2 Å². The van der Waals surface area contributed by atoms with Gasteiger partial charge in [-0.1, -0.05) is 25.4 Å². The first-order chi connectivity index (χ1) is 11.1. The number of aryl methyl sites for hydroxylation is 1. The van der Waals surface area contributed by atoms with E-state index in [4.69, 9.17) is 25.9 Å². The maximum Gasteiger partial charge on any atom is 0.331 e. The predicted molar refractivity (Wildman–Crippen MR) is 88.8 cm³/mol. The highest BCUT2D eigenvalue weighted by Crippen LogP contribution is 2.34. The summed E-state index contributed by atoms with van der Waals surface area (Å²) in [6.45, 7) is 4.00. The molecule has 1 aliphatic carbocycles. The molecule has 1 N–H and O–H groups in total. The Balaban J connectivity index is 0.000000924. The molecule has 0 saturated carbocycles. The largest absolute Gasteiger partial charge is 0.497 e. The first-order valence-electron chi connectivity index (χ1n) is 7.36. The molecule has 1 heterocycles. The van der Waals surface area contributed by atoms with Gasteiger partial charge in [0, 0.05) is 5.57 Å². The number of carboxylic acid groups (broad SMARTS) is 1. The van der Waals surface area contributed by atoms with Gasteiger partial charge in [0.25, 0.3) is 0 Å². The summed E-state index contributed by atoms with van der Waals surface area (Å²) in [6.07, 6.45) is 2.52. The maximum atomic E-state index is 11.0. The van der Waals surface area contributed by atoms with Crippen molar-refractivity contribution in [1.29, 1.82) is 0 Å². The Labute approximate surface area is 139 Å². The number of benzene rings is 1. The Bertz CT molecular complexity index is 749. The summed E-state index contributed by atoms with van der Waals surface area (Å²) in [5.41, 5.74) is 1.73. The molecule has 1 aromatic heterocycles. The van der Waals surface area contributed by atoms with Crippen molar-refractivity contribution in [2.75, 3.05) is 7.11 Å². The van der Waals surface area contributed by atoms with Crippen molar-refractivity contribution in [2.45, 2.75) is 26.7 Å². The minimum atomic E-state index is -0.930. The number of nitrogens with zero attached hydrogens (tertiary/aromatic N) is 1. The van der Waals surface area contributed by atoms with E-state index in [1.807, 2.05) is 13.8 Å². The molecular weight excluding hydrogens is 318 g/mol. The normalized spacial score (nSPS) is 12.6. The monoisotopic (exact) mass is 335 g/mol. The van der Waals surface area contributed by atoms with E-state index >= 15 is 0 Å². The molecule has 6 heteroatoms. The van der Waals surface area contributed by atoms with Crippen LogP contribution in [-0.2, 0) is 11.2 Å². The number of carbonyl (C=O) groups is 1. The zero-order valence-electron chi connectivity index (χ0n) is 13.2. The molecule has 1 aromatic carbocycles. The Morgan fingerprint density at radius 2 is 2.09 bits per heavy atom. The lowest BCUT2D eigenvalue weighted by atomic mass is 10.0. The lowest BCUT2D eigenvalue weighted by Gasteiger charge is -2.06. The third-order valence-corrected chi connectivity index (χ3v) is 3.66. The van der Waals surface area contributed by atoms with Crippen molar-refractivity contribution >= 4 is 23.6 Å². The van der Waals surface area contributed by atoms with E-state index in [1.165, 1.54) is 6.08 Å². The number of aliphatic carboxylic acids is 1. The van der Waals surface area contributed by atoms with Gasteiger partial charge < -0.3 is 14.3 Å². The van der Waals surface area contributed by atoms with Gasteiger partial charge in [-0.3, -0.25) is 0 Å². The van der Waals surface area contributed by atoms with Gasteiger partial charge in [0.05, 0.1) is 23.4 Å². The molecule has 3 rings (SSSR count). The minimum absolute atomic E-state index is 0.325. The average Bonchev–Trinajstić information content (AvgIpc) is 2.99. The number of fused-ring (bicyclic) bond motifs is 1. The fraction of sp³-hybridized carbons (Fsp3) is 0.294. The molecule has 0 radical (unpaired) electrons. The smallest absolute Gasteiger partial charge is 0.331 e. The molecule has 0 bridgehead atoms. The molecule has 1 aliphatic rings. The van der Waals surface area contributed by atoms with Gasteiger partial charge in [-0.05, 0) is 37.1 Å². The molecule has 2 aromatic rings. The van der Waals surface area contributed by atoms with Gasteiger partial charge in [-0.2, -0.15) is 0 Å². The van der Waals surface area contributed by atoms with Gasteiger partial charge in [0.15, 0.2) is 5.76 Å². The number of hydrogen-bond acceptors (Lipinski definition) is 4. The molecule has 0 fully saturated rings. The van der Waals surface area contributed by atoms with Crippen LogP contribution in [0, 0.1) is 0 Å². The first kappa shape index (κ1) is 17.1. The second-order valence-corrected chi connectivity index (χ2v) is 5.06. The molecule has 0 unspecified atom stereocenters. The summed E-state index contributed by atoms with van der Waals surface area (Å²) in [5, 5.41) is 9.49. The van der Waals surface area contributed by atoms with Crippen molar-refractivity contribution in [3.63, 3.8) is 0 Å². The number of hydrogen-bond donors (Lipinski definition) is 1. The van der Waals surface area contributed by atoms with E-state index in [0.717, 1.165) is 5.69 Å². The topological polar surface area (TPSA) is 72.6 Å². The summed E-state index contributed by atoms with van der Waals surface area (Å²) < 4.78 is 10.7. The summed E-state index contributed by atoms with van der Waals surface area (Å²) in [6, 6.07) is 5.21. The van der Waals surface area contributed by atoms with Gasteiger partial charge in [0.1, 0.15) is 5.75 Å². The van der Waals surface area contributed by atoms with Crippen molar-refractivity contribution in [1.82, 2.24) is 4.98 Å². The zero-order chi connectivity index (χ0) is 17.0. The molecule has 0 saturated heterocycles. The van der Waals surface area contributed by atoms with Crippen molar-refractivity contribution in [3.05, 3.63) is 40.2 Å². The number of rotatable bonds is 3. The molecule has 23 heavy (non-hydrogen) atoms. The Hall–Kier alpha value is -2.27. The van der Waals surface area contributed by atoms with Crippen LogP contribution in [0.5, 0.6) is 5.75 Å². The quantitative estimate of drug-likeness (QED) is 0.897. The van der Waals surface area contributed by atoms with Crippen molar-refractivity contribution < 1.29 is 19.1 Å². The zero-order valence-corrected chi connectivity index (χ0v) is 14.0. The fourth-order valence-electron chi connectivity index (χ4n) is 2.22. The fourth-order valence-corrected chi connectivity index (χ4v) is 2.47. The van der Waals surface area contributed by atoms with E-state index in [-0.39, 0.29) is 0 Å². The molecular formula is C17H18ClNO4. The maximum absolute atomic E-state index is 11.0. The van der Waals surface area contributed by atoms with Crippen LogP contribution in [0.1, 0.15) is 31.7 Å². The Morgan fingerprint density at radius 3 is 2.70 bits per heavy atom. The third-order valence-electron chi connectivity index (χ3n) is 3.35. The van der Waals surface area contributed by atoms with Gasteiger partial charge in [-0.15, -0.1) is 0 Å². The van der Waals surface area contributed by atoms with Crippen LogP contribution in [-0.4, -0.2) is 23.2 Å². The summed E-state index contributed by atoms with van der Waals surface area (Å²) in [5.74, 6) is 0.588. The standard InChI is InChI=1S/C15H12ClNO4.C2H6/c1-20-9-3-4-10(11(16)7-9)14-17-12-5-2-8(15(18)19)6-13(12)21-14;1-2/h3-4,6-7H,2,5H2,1H3,(H,18,19);1-2H3. The first-order valence-corrected chi connectivity index (χ1v) is 7.74. The molecule has 0 aliphatic heterocycles. The molecule has 0 atom stereocenters. The van der Waals surface area contributed by atoms with Crippen LogP contribution in [0.2, 0.25) is 5.02 Å². The predicted octanol–water partition coefficient (Wildman–Crippen LogP) is 4.44. The Kier molecular flexibility index (Phi) is 5.45. The van der Waals surface area contributed by atoms with Gasteiger partial charge in [-0.25, -0.2) is 9.78 Å². The minimum Gasteiger partial charge on any atom is -0.497 e. The van der Waals surface area contributed by atoms with E-state index in [0.29, 0.717) is 46.4 Å². The molecule has 5 nitrogen and oxygen atoms in total. The number of aromatic nitrogens is 1. The molecule has 122 valence electrons. The number of ether oxygens (including phenoxy) is 1. The van der Waals surface area contributed by atoms with E-state index in [1.54, 1.807) is 25.3 Å². The number of methoxy groups -OCH3 is 1. The summed E-state index contributed by atoms with van der Waals surface area (Å²) in [4.78, 5) is 15.4. The molecule has 0 spiro atoms. The van der Waals surface area contributed by atoms with Crippen LogP contribution in [0.25, 0.3) is 17.5 Å². The summed E-state index contributed by atoms with van der Waals surface area (Å²) in [7, 11) is 1.56. The van der Waals surface area contributed by atoms with Gasteiger partial charge in [0.2, 0.25) is 5.89 Å². The SMILES string of the molecule is CC.COc1ccc(-c2nc3c(o2)C=C(C(=O)O)CC3)c(Cl)c1. The highest BCUT2D eigenvalue weighted by atomic mass is 35.5. The van der Waals surface area contributed by atoms with E-state index in [9.17, 15) is 4.79 Å². The lowest BCUT2D eigenvalue weighted by Crippen LogP contribution is -2.06. The third kappa shape index (κ3) is 3.56. The van der Waals surface area contributed by atoms with Crippen LogP contribution < -0.4 is 4.74 Å². The second kappa shape index (κ2) is 7.33. The molecule has 0 amide bonds. The Morgan fingerprint density at radius 1 is 1.35 bits per heavy atom. The van der Waals surface area contributed by atoms with E-state index in [2.05, 4.69) is 4.98 Å². The second-order valence-electron chi connectivity index (χ2n) is 4.65. The highest BCUT2D eigenvalue weighted by Gasteiger charge is 2.22.